The lowest BCUT2D eigenvalue weighted by molar-refractivity contribution is -0.124. The number of rotatable bonds is 4. The first kappa shape index (κ1) is 13.6. The van der Waals surface area contributed by atoms with Crippen LogP contribution < -0.4 is 10.6 Å². The van der Waals surface area contributed by atoms with Crippen molar-refractivity contribution in [3.63, 3.8) is 0 Å². The molecule has 17 heavy (non-hydrogen) atoms. The van der Waals surface area contributed by atoms with Crippen LogP contribution in [0.25, 0.3) is 0 Å². The summed E-state index contributed by atoms with van der Waals surface area (Å²) in [7, 11) is 0. The Hall–Kier alpha value is -1.49. The van der Waals surface area contributed by atoms with Crippen LogP contribution in [0, 0.1) is 0 Å². The number of aromatic nitrogens is 2. The highest BCUT2D eigenvalue weighted by atomic mass is 16.2. The van der Waals surface area contributed by atoms with Gasteiger partial charge in [-0.1, -0.05) is 0 Å². The van der Waals surface area contributed by atoms with E-state index in [-0.39, 0.29) is 17.5 Å². The average molecular weight is 236 g/mol. The summed E-state index contributed by atoms with van der Waals surface area (Å²) in [6.45, 7) is 8.24. The molecule has 1 unspecified atom stereocenters. The molecule has 0 fully saturated rings. The van der Waals surface area contributed by atoms with Crippen LogP contribution in [-0.4, -0.2) is 27.7 Å². The van der Waals surface area contributed by atoms with Crippen molar-refractivity contribution in [2.24, 2.45) is 0 Å². The fourth-order valence-corrected chi connectivity index (χ4v) is 1.26. The predicted octanol–water partition coefficient (Wildman–Crippen LogP) is 0.869. The highest BCUT2D eigenvalue weighted by Gasteiger charge is 2.18. The highest BCUT2D eigenvalue weighted by Crippen LogP contribution is 2.00. The molecule has 1 aromatic rings. The minimum Gasteiger partial charge on any atom is -0.350 e. The van der Waals surface area contributed by atoms with Gasteiger partial charge in [0.05, 0.1) is 11.7 Å². The summed E-state index contributed by atoms with van der Waals surface area (Å²) in [5, 5.41) is 13.7. The normalized spacial score (nSPS) is 13.2. The second-order valence-electron chi connectivity index (χ2n) is 5.06. The molecule has 0 aromatic carbocycles. The molecule has 1 aromatic heterocycles. The molecule has 0 saturated heterocycles. The van der Waals surface area contributed by atoms with Gasteiger partial charge in [0.1, 0.15) is 0 Å². The molecule has 0 radical (unpaired) electrons. The lowest BCUT2D eigenvalue weighted by Gasteiger charge is -2.23. The van der Waals surface area contributed by atoms with E-state index < -0.39 is 0 Å². The Morgan fingerprint density at radius 1 is 1.47 bits per heavy atom. The highest BCUT2D eigenvalue weighted by molar-refractivity contribution is 5.81. The van der Waals surface area contributed by atoms with Gasteiger partial charge in [0.15, 0.2) is 0 Å². The van der Waals surface area contributed by atoms with Gasteiger partial charge in [0, 0.05) is 18.3 Å². The molecule has 0 spiro atoms. The number of carbonyl (C=O) groups is 1. The van der Waals surface area contributed by atoms with Crippen molar-refractivity contribution in [2.45, 2.75) is 45.8 Å². The zero-order valence-electron chi connectivity index (χ0n) is 10.8. The Morgan fingerprint density at radius 2 is 2.18 bits per heavy atom. The van der Waals surface area contributed by atoms with Gasteiger partial charge in [-0.3, -0.25) is 4.79 Å². The summed E-state index contributed by atoms with van der Waals surface area (Å²) >= 11 is 0. The SMILES string of the molecule is CC(NCc1cccnn1)C(=O)NC(C)(C)C. The summed E-state index contributed by atoms with van der Waals surface area (Å²) < 4.78 is 0. The van der Waals surface area contributed by atoms with Crippen LogP contribution in [-0.2, 0) is 11.3 Å². The third kappa shape index (κ3) is 5.40. The van der Waals surface area contributed by atoms with Crippen LogP contribution in [0.1, 0.15) is 33.4 Å². The third-order valence-corrected chi connectivity index (χ3v) is 2.11. The van der Waals surface area contributed by atoms with Crippen LogP contribution in [0.2, 0.25) is 0 Å². The number of hydrogen-bond acceptors (Lipinski definition) is 4. The molecule has 0 bridgehead atoms. The quantitative estimate of drug-likeness (QED) is 0.814. The zero-order valence-corrected chi connectivity index (χ0v) is 10.8. The van der Waals surface area contributed by atoms with Crippen molar-refractivity contribution in [1.82, 2.24) is 20.8 Å². The van der Waals surface area contributed by atoms with E-state index in [1.165, 1.54) is 0 Å². The molecule has 0 saturated carbocycles. The second kappa shape index (κ2) is 5.72. The van der Waals surface area contributed by atoms with Crippen LogP contribution in [0.5, 0.6) is 0 Å². The van der Waals surface area contributed by atoms with Crippen LogP contribution >= 0.6 is 0 Å². The van der Waals surface area contributed by atoms with E-state index in [0.29, 0.717) is 6.54 Å². The second-order valence-corrected chi connectivity index (χ2v) is 5.06. The van der Waals surface area contributed by atoms with Crippen molar-refractivity contribution in [3.8, 4) is 0 Å². The molecule has 5 heteroatoms. The van der Waals surface area contributed by atoms with E-state index in [2.05, 4.69) is 20.8 Å². The molecule has 2 N–H and O–H groups in total. The molecule has 0 aliphatic rings. The first-order chi connectivity index (χ1) is 7.88. The van der Waals surface area contributed by atoms with E-state index in [9.17, 15) is 4.79 Å². The smallest absolute Gasteiger partial charge is 0.237 e. The van der Waals surface area contributed by atoms with Gasteiger partial charge in [-0.2, -0.15) is 10.2 Å². The molecule has 1 atom stereocenters. The van der Waals surface area contributed by atoms with E-state index in [0.717, 1.165) is 5.69 Å². The van der Waals surface area contributed by atoms with E-state index in [1.807, 2.05) is 39.8 Å². The van der Waals surface area contributed by atoms with Gasteiger partial charge >= 0.3 is 0 Å². The van der Waals surface area contributed by atoms with Gasteiger partial charge in [0.2, 0.25) is 5.91 Å². The van der Waals surface area contributed by atoms with E-state index >= 15 is 0 Å². The Bertz CT molecular complexity index is 359. The van der Waals surface area contributed by atoms with Crippen LogP contribution in [0.4, 0.5) is 0 Å². The summed E-state index contributed by atoms with van der Waals surface area (Å²) in [6, 6.07) is 3.44. The molecule has 1 rings (SSSR count). The van der Waals surface area contributed by atoms with Gasteiger partial charge in [-0.15, -0.1) is 0 Å². The lowest BCUT2D eigenvalue weighted by Crippen LogP contribution is -2.49. The fourth-order valence-electron chi connectivity index (χ4n) is 1.26. The van der Waals surface area contributed by atoms with Crippen molar-refractivity contribution >= 4 is 5.91 Å². The van der Waals surface area contributed by atoms with Crippen molar-refractivity contribution in [1.29, 1.82) is 0 Å². The van der Waals surface area contributed by atoms with Crippen molar-refractivity contribution < 1.29 is 4.79 Å². The fraction of sp³-hybridized carbons (Fsp3) is 0.583. The maximum absolute atomic E-state index is 11.8. The minimum absolute atomic E-state index is 0.0126. The number of nitrogens with one attached hydrogen (secondary N) is 2. The Balaban J connectivity index is 2.40. The van der Waals surface area contributed by atoms with Crippen LogP contribution in [0.3, 0.4) is 0 Å². The Kier molecular flexibility index (Phi) is 4.57. The van der Waals surface area contributed by atoms with E-state index in [4.69, 9.17) is 0 Å². The maximum Gasteiger partial charge on any atom is 0.237 e. The Labute approximate surface area is 102 Å². The molecule has 1 heterocycles. The Morgan fingerprint density at radius 3 is 2.71 bits per heavy atom. The molecular formula is C12H20N4O. The zero-order chi connectivity index (χ0) is 12.9. The number of amides is 1. The molecule has 94 valence electrons. The average Bonchev–Trinajstić information content (AvgIpc) is 2.25. The summed E-state index contributed by atoms with van der Waals surface area (Å²) in [5.41, 5.74) is 0.613. The van der Waals surface area contributed by atoms with Gasteiger partial charge in [-0.25, -0.2) is 0 Å². The number of carbonyl (C=O) groups excluding carboxylic acids is 1. The van der Waals surface area contributed by atoms with Crippen molar-refractivity contribution in [3.05, 3.63) is 24.0 Å². The minimum atomic E-state index is -0.253. The largest absolute Gasteiger partial charge is 0.350 e. The van der Waals surface area contributed by atoms with Gasteiger partial charge < -0.3 is 10.6 Å². The van der Waals surface area contributed by atoms with Gasteiger partial charge in [0.25, 0.3) is 0 Å². The molecule has 0 aliphatic carbocycles. The van der Waals surface area contributed by atoms with E-state index in [1.54, 1.807) is 6.20 Å². The maximum atomic E-state index is 11.8. The molecule has 0 aliphatic heterocycles. The molecular weight excluding hydrogens is 216 g/mol. The summed E-state index contributed by atoms with van der Waals surface area (Å²) in [6.07, 6.45) is 1.62. The monoisotopic (exact) mass is 236 g/mol. The topological polar surface area (TPSA) is 66.9 Å². The standard InChI is InChI=1S/C12H20N4O/c1-9(11(17)15-12(2,3)4)13-8-10-6-5-7-14-16-10/h5-7,9,13H,8H2,1-4H3,(H,15,17). The molecule has 1 amide bonds. The summed E-state index contributed by atoms with van der Waals surface area (Å²) in [4.78, 5) is 11.8. The molecule has 5 nitrogen and oxygen atoms in total. The summed E-state index contributed by atoms with van der Waals surface area (Å²) in [5.74, 6) is -0.0126. The lowest BCUT2D eigenvalue weighted by atomic mass is 10.1. The first-order valence-electron chi connectivity index (χ1n) is 5.70. The van der Waals surface area contributed by atoms with Gasteiger partial charge in [-0.05, 0) is 39.8 Å². The third-order valence-electron chi connectivity index (χ3n) is 2.11. The van der Waals surface area contributed by atoms with Crippen LogP contribution in [0.15, 0.2) is 18.3 Å². The first-order valence-corrected chi connectivity index (χ1v) is 5.70. The predicted molar refractivity (Wildman–Crippen MR) is 66.2 cm³/mol. The number of hydrogen-bond donors (Lipinski definition) is 2. The number of nitrogens with zero attached hydrogens (tertiary/aromatic N) is 2. The van der Waals surface area contributed by atoms with Crippen molar-refractivity contribution in [2.75, 3.05) is 0 Å².